The molecule has 0 aromatic carbocycles. The van der Waals surface area contributed by atoms with E-state index in [0.717, 1.165) is 0 Å². The first-order valence-corrected chi connectivity index (χ1v) is 5.42. The molecule has 17 heavy (non-hydrogen) atoms. The van der Waals surface area contributed by atoms with Gasteiger partial charge in [0.15, 0.2) is 0 Å². The highest BCUT2D eigenvalue weighted by molar-refractivity contribution is 5.88. The van der Waals surface area contributed by atoms with Crippen LogP contribution >= 0.6 is 0 Å². The van der Waals surface area contributed by atoms with Crippen LogP contribution in [0, 0.1) is 6.92 Å². The quantitative estimate of drug-likeness (QED) is 0.817. The van der Waals surface area contributed by atoms with E-state index in [1.54, 1.807) is 20.8 Å². The number of carboxylic acids is 1. The molecule has 1 heterocycles. The third-order valence-electron chi connectivity index (χ3n) is 2.28. The van der Waals surface area contributed by atoms with Gasteiger partial charge >= 0.3 is 5.97 Å². The average molecular weight is 241 g/mol. The van der Waals surface area contributed by atoms with Crippen molar-refractivity contribution in [2.24, 2.45) is 0 Å². The van der Waals surface area contributed by atoms with Crippen LogP contribution in [-0.2, 0) is 6.54 Å². The van der Waals surface area contributed by atoms with Crippen molar-refractivity contribution in [1.82, 2.24) is 4.90 Å². The highest BCUT2D eigenvalue weighted by Gasteiger charge is 2.18. The summed E-state index contributed by atoms with van der Waals surface area (Å²) in [6, 6.07) is 1.53. The van der Waals surface area contributed by atoms with Gasteiger partial charge in [0.1, 0.15) is 17.1 Å². The Labute approximate surface area is 101 Å². The van der Waals surface area contributed by atoms with Gasteiger partial charge in [-0.25, -0.2) is 4.79 Å². The maximum Gasteiger partial charge on any atom is 0.339 e. The molecule has 5 heteroatoms. The Morgan fingerprint density at radius 1 is 1.53 bits per heavy atom. The van der Waals surface area contributed by atoms with Crippen LogP contribution in [0.1, 0.15) is 35.7 Å². The van der Waals surface area contributed by atoms with Crippen LogP contribution < -0.4 is 0 Å². The minimum absolute atomic E-state index is 0.191. The van der Waals surface area contributed by atoms with E-state index in [9.17, 15) is 9.90 Å². The van der Waals surface area contributed by atoms with Crippen molar-refractivity contribution in [2.75, 3.05) is 13.6 Å². The van der Waals surface area contributed by atoms with E-state index in [0.29, 0.717) is 24.6 Å². The van der Waals surface area contributed by atoms with Crippen molar-refractivity contribution in [3.05, 3.63) is 23.2 Å². The predicted molar refractivity (Wildman–Crippen MR) is 63.0 cm³/mol. The van der Waals surface area contributed by atoms with Gasteiger partial charge in [-0.05, 0) is 33.9 Å². The van der Waals surface area contributed by atoms with Gasteiger partial charge in [0, 0.05) is 6.54 Å². The summed E-state index contributed by atoms with van der Waals surface area (Å²) in [5.41, 5.74) is -0.594. The summed E-state index contributed by atoms with van der Waals surface area (Å²) >= 11 is 0. The lowest BCUT2D eigenvalue weighted by molar-refractivity contribution is 0.0406. The SMILES string of the molecule is Cc1oc(CN(C)CC(C)(C)O)cc1C(=O)O. The van der Waals surface area contributed by atoms with Crippen LogP contribution in [0.5, 0.6) is 0 Å². The van der Waals surface area contributed by atoms with Crippen molar-refractivity contribution in [1.29, 1.82) is 0 Å². The topological polar surface area (TPSA) is 73.9 Å². The van der Waals surface area contributed by atoms with Crippen LogP contribution in [0.25, 0.3) is 0 Å². The lowest BCUT2D eigenvalue weighted by Crippen LogP contribution is -2.35. The number of aryl methyl sites for hydroxylation is 1. The van der Waals surface area contributed by atoms with Gasteiger partial charge in [-0.3, -0.25) is 4.90 Å². The maximum atomic E-state index is 10.8. The molecule has 0 fully saturated rings. The summed E-state index contributed by atoms with van der Waals surface area (Å²) in [5.74, 6) is 0.0125. The molecule has 1 rings (SSSR count). The van der Waals surface area contributed by atoms with E-state index in [-0.39, 0.29) is 5.56 Å². The molecule has 5 nitrogen and oxygen atoms in total. The smallest absolute Gasteiger partial charge is 0.339 e. The fraction of sp³-hybridized carbons (Fsp3) is 0.583. The zero-order valence-corrected chi connectivity index (χ0v) is 10.6. The number of likely N-dealkylation sites (N-methyl/N-ethyl adjacent to an activating group) is 1. The second-order valence-corrected chi connectivity index (χ2v) is 4.97. The molecule has 0 aliphatic carbocycles. The van der Waals surface area contributed by atoms with E-state index >= 15 is 0 Å². The monoisotopic (exact) mass is 241 g/mol. The Hall–Kier alpha value is -1.33. The normalized spacial score (nSPS) is 12.1. The van der Waals surface area contributed by atoms with E-state index < -0.39 is 11.6 Å². The molecule has 0 unspecified atom stereocenters. The van der Waals surface area contributed by atoms with Crippen LogP contribution in [0.2, 0.25) is 0 Å². The summed E-state index contributed by atoms with van der Waals surface area (Å²) in [5, 5.41) is 18.5. The Morgan fingerprint density at radius 2 is 2.12 bits per heavy atom. The molecule has 0 spiro atoms. The molecule has 1 aromatic heterocycles. The molecule has 96 valence electrons. The van der Waals surface area contributed by atoms with Gasteiger partial charge in [0.05, 0.1) is 12.1 Å². The standard InChI is InChI=1S/C12H19NO4/c1-8-10(11(14)15)5-9(17-8)6-13(4)7-12(2,3)16/h5,16H,6-7H2,1-4H3,(H,14,15). The van der Waals surface area contributed by atoms with Crippen LogP contribution in [0.4, 0.5) is 0 Å². The molecular formula is C12H19NO4. The number of aliphatic hydroxyl groups is 1. The molecule has 0 radical (unpaired) electrons. The fourth-order valence-corrected chi connectivity index (χ4v) is 1.82. The summed E-state index contributed by atoms with van der Waals surface area (Å²) in [7, 11) is 1.84. The van der Waals surface area contributed by atoms with E-state index in [2.05, 4.69) is 0 Å². The lowest BCUT2D eigenvalue weighted by Gasteiger charge is -2.24. The average Bonchev–Trinajstić information content (AvgIpc) is 2.42. The minimum atomic E-state index is -0.984. The van der Waals surface area contributed by atoms with Gasteiger partial charge in [-0.2, -0.15) is 0 Å². The van der Waals surface area contributed by atoms with E-state index in [4.69, 9.17) is 9.52 Å². The summed E-state index contributed by atoms with van der Waals surface area (Å²) in [6.45, 7) is 6.02. The number of hydrogen-bond acceptors (Lipinski definition) is 4. The van der Waals surface area contributed by atoms with Crippen LogP contribution in [0.3, 0.4) is 0 Å². The molecule has 0 aliphatic heterocycles. The van der Waals surface area contributed by atoms with Gasteiger partial charge in [0.25, 0.3) is 0 Å². The largest absolute Gasteiger partial charge is 0.478 e. The third kappa shape index (κ3) is 4.20. The lowest BCUT2D eigenvalue weighted by atomic mass is 10.1. The molecule has 0 aliphatic rings. The van der Waals surface area contributed by atoms with Gasteiger partial charge in [-0.1, -0.05) is 0 Å². The molecule has 0 amide bonds. The highest BCUT2D eigenvalue weighted by Crippen LogP contribution is 2.16. The Bertz CT molecular complexity index is 403. The fourth-order valence-electron chi connectivity index (χ4n) is 1.82. The molecular weight excluding hydrogens is 222 g/mol. The molecule has 0 saturated heterocycles. The van der Waals surface area contributed by atoms with Crippen molar-refractivity contribution < 1.29 is 19.4 Å². The number of carboxylic acid groups (broad SMARTS) is 1. The number of carbonyl (C=O) groups is 1. The second kappa shape index (κ2) is 4.89. The number of aromatic carboxylic acids is 1. The van der Waals surface area contributed by atoms with Gasteiger partial charge in [0.2, 0.25) is 0 Å². The zero-order valence-electron chi connectivity index (χ0n) is 10.6. The molecule has 2 N–H and O–H groups in total. The van der Waals surface area contributed by atoms with Crippen molar-refractivity contribution in [3.8, 4) is 0 Å². The first-order valence-electron chi connectivity index (χ1n) is 5.42. The summed E-state index contributed by atoms with van der Waals surface area (Å²) in [4.78, 5) is 12.7. The predicted octanol–water partition coefficient (Wildman–Crippen LogP) is 1.49. The molecule has 0 bridgehead atoms. The highest BCUT2D eigenvalue weighted by atomic mass is 16.4. The first-order chi connectivity index (χ1) is 7.69. The number of hydrogen-bond donors (Lipinski definition) is 2. The van der Waals surface area contributed by atoms with Crippen molar-refractivity contribution in [2.45, 2.75) is 32.9 Å². The van der Waals surface area contributed by atoms with Gasteiger partial charge in [-0.15, -0.1) is 0 Å². The molecule has 0 atom stereocenters. The van der Waals surface area contributed by atoms with Crippen LogP contribution in [-0.4, -0.2) is 40.3 Å². The molecule has 1 aromatic rings. The Balaban J connectivity index is 2.69. The van der Waals surface area contributed by atoms with E-state index in [1.165, 1.54) is 6.07 Å². The van der Waals surface area contributed by atoms with Crippen molar-refractivity contribution >= 4 is 5.97 Å². The summed E-state index contributed by atoms with van der Waals surface area (Å²) < 4.78 is 5.36. The second-order valence-electron chi connectivity index (χ2n) is 4.97. The van der Waals surface area contributed by atoms with Gasteiger partial charge < -0.3 is 14.6 Å². The number of nitrogens with zero attached hydrogens (tertiary/aromatic N) is 1. The first kappa shape index (κ1) is 13.7. The van der Waals surface area contributed by atoms with E-state index in [1.807, 2.05) is 11.9 Å². The third-order valence-corrected chi connectivity index (χ3v) is 2.28. The van der Waals surface area contributed by atoms with Crippen molar-refractivity contribution in [3.63, 3.8) is 0 Å². The maximum absolute atomic E-state index is 10.8. The zero-order chi connectivity index (χ0) is 13.2. The Kier molecular flexibility index (Phi) is 3.95. The summed E-state index contributed by atoms with van der Waals surface area (Å²) in [6.07, 6.45) is 0. The minimum Gasteiger partial charge on any atom is -0.478 e. The molecule has 0 saturated carbocycles. The van der Waals surface area contributed by atoms with Crippen LogP contribution in [0.15, 0.2) is 10.5 Å². The number of furan rings is 1. The number of rotatable bonds is 5. The Morgan fingerprint density at radius 3 is 2.53 bits per heavy atom.